The predicted molar refractivity (Wildman–Crippen MR) is 109 cm³/mol. The van der Waals surface area contributed by atoms with Gasteiger partial charge in [0.05, 0.1) is 11.0 Å². The zero-order chi connectivity index (χ0) is 19.6. The van der Waals surface area contributed by atoms with E-state index in [9.17, 15) is 13.2 Å². The van der Waals surface area contributed by atoms with Crippen LogP contribution < -0.4 is 4.90 Å². The summed E-state index contributed by atoms with van der Waals surface area (Å²) >= 11 is 0. The molecule has 3 aromatic rings. The van der Waals surface area contributed by atoms with Gasteiger partial charge in [-0.3, -0.25) is 4.79 Å². The van der Waals surface area contributed by atoms with Gasteiger partial charge in [0.1, 0.15) is 5.75 Å². The molecule has 0 spiro atoms. The molecule has 0 radical (unpaired) electrons. The van der Waals surface area contributed by atoms with Crippen molar-refractivity contribution in [1.29, 1.82) is 0 Å². The fraction of sp³-hybridized carbons (Fsp3) is 0.333. The summed E-state index contributed by atoms with van der Waals surface area (Å²) in [6.45, 7) is 0. The summed E-state index contributed by atoms with van der Waals surface area (Å²) < 4.78 is 25.8. The summed E-state index contributed by atoms with van der Waals surface area (Å²) in [6.07, 6.45) is 5.05. The number of amides is 1. The topological polar surface area (TPSA) is 83.1 Å². The van der Waals surface area contributed by atoms with Gasteiger partial charge < -0.3 is 9.88 Å². The van der Waals surface area contributed by atoms with Crippen molar-refractivity contribution in [3.8, 4) is 0 Å². The van der Waals surface area contributed by atoms with Crippen LogP contribution in [0.5, 0.6) is 0 Å². The number of anilines is 1. The average Bonchev–Trinajstić information content (AvgIpc) is 3.15. The van der Waals surface area contributed by atoms with Crippen molar-refractivity contribution in [2.45, 2.75) is 43.3 Å². The van der Waals surface area contributed by atoms with Crippen LogP contribution in [0.15, 0.2) is 59.8 Å². The Morgan fingerprint density at radius 2 is 1.68 bits per heavy atom. The lowest BCUT2D eigenvalue weighted by Crippen LogP contribution is -2.44. The van der Waals surface area contributed by atoms with Crippen molar-refractivity contribution in [2.24, 2.45) is 0 Å². The monoisotopic (exact) mass is 397 g/mol. The fourth-order valence-corrected chi connectivity index (χ4v) is 4.97. The molecule has 146 valence electrons. The minimum atomic E-state index is -3.87. The number of imidazole rings is 1. The van der Waals surface area contributed by atoms with Crippen LogP contribution in [0.3, 0.4) is 0 Å². The van der Waals surface area contributed by atoms with Crippen LogP contribution >= 0.6 is 0 Å². The first-order valence-electron chi connectivity index (χ1n) is 9.59. The molecule has 1 aliphatic carbocycles. The molecule has 2 aromatic carbocycles. The molecule has 4 rings (SSSR count). The molecular formula is C21H23N3O3S. The molecule has 1 saturated carbocycles. The van der Waals surface area contributed by atoms with Crippen LogP contribution in [0.1, 0.15) is 32.1 Å². The Morgan fingerprint density at radius 3 is 2.39 bits per heavy atom. The van der Waals surface area contributed by atoms with Crippen molar-refractivity contribution in [3.05, 3.63) is 54.6 Å². The van der Waals surface area contributed by atoms with E-state index in [2.05, 4.69) is 9.97 Å². The molecule has 1 N–H and O–H groups in total. The highest BCUT2D eigenvalue weighted by Gasteiger charge is 2.31. The smallest absolute Gasteiger partial charge is 0.242 e. The van der Waals surface area contributed by atoms with Crippen molar-refractivity contribution < 1.29 is 13.2 Å². The first kappa shape index (κ1) is 18.7. The highest BCUT2D eigenvalue weighted by molar-refractivity contribution is 7.92. The second-order valence-corrected chi connectivity index (χ2v) is 9.11. The molecule has 0 bridgehead atoms. The number of hydrogen-bond acceptors (Lipinski definition) is 4. The molecule has 0 atom stereocenters. The van der Waals surface area contributed by atoms with Gasteiger partial charge in [0.25, 0.3) is 0 Å². The summed E-state index contributed by atoms with van der Waals surface area (Å²) in [7, 11) is -3.87. The molecule has 0 unspecified atom stereocenters. The van der Waals surface area contributed by atoms with Crippen molar-refractivity contribution >= 4 is 32.5 Å². The Kier molecular flexibility index (Phi) is 5.17. The third-order valence-electron chi connectivity index (χ3n) is 5.22. The van der Waals surface area contributed by atoms with E-state index in [1.165, 1.54) is 0 Å². The van der Waals surface area contributed by atoms with E-state index in [4.69, 9.17) is 0 Å². The lowest BCUT2D eigenvalue weighted by molar-refractivity contribution is -0.116. The first-order valence-corrected chi connectivity index (χ1v) is 11.2. The van der Waals surface area contributed by atoms with E-state index in [0.717, 1.165) is 37.8 Å². The first-order chi connectivity index (χ1) is 13.5. The quantitative estimate of drug-likeness (QED) is 0.711. The molecule has 1 aromatic heterocycles. The number of carbonyl (C=O) groups excluding carboxylic acids is 1. The number of hydrogen-bond donors (Lipinski definition) is 1. The van der Waals surface area contributed by atoms with Gasteiger partial charge >= 0.3 is 0 Å². The predicted octanol–water partition coefficient (Wildman–Crippen LogP) is 3.70. The van der Waals surface area contributed by atoms with Gasteiger partial charge in [0.15, 0.2) is 0 Å². The molecule has 6 nitrogen and oxygen atoms in total. The Hall–Kier alpha value is -2.67. The minimum absolute atomic E-state index is 0.0366. The number of sulfone groups is 1. The highest BCUT2D eigenvalue weighted by Crippen LogP contribution is 2.28. The van der Waals surface area contributed by atoms with E-state index in [0.29, 0.717) is 11.0 Å². The maximum absolute atomic E-state index is 13.2. The SMILES string of the molecule is O=C(CS(=O)(=O)c1nc2ccccc2[nH]1)N(c1ccccc1)C1CCCCC1. The molecule has 28 heavy (non-hydrogen) atoms. The van der Waals surface area contributed by atoms with Gasteiger partial charge in [-0.25, -0.2) is 13.4 Å². The molecule has 7 heteroatoms. The van der Waals surface area contributed by atoms with Crippen molar-refractivity contribution in [1.82, 2.24) is 9.97 Å². The standard InChI is InChI=1S/C21H23N3O3S/c25-20(15-28(26,27)21-22-18-13-7-8-14-19(18)23-21)24(16-9-3-1-4-10-16)17-11-5-2-6-12-17/h1,3-4,7-10,13-14,17H,2,5-6,11-12,15H2,(H,22,23). The molecule has 0 saturated heterocycles. The third-order valence-corrected chi connectivity index (χ3v) is 6.63. The number of rotatable bonds is 5. The normalized spacial score (nSPS) is 15.6. The highest BCUT2D eigenvalue weighted by atomic mass is 32.2. The number of carbonyl (C=O) groups is 1. The lowest BCUT2D eigenvalue weighted by atomic mass is 9.93. The number of nitrogens with zero attached hydrogens (tertiary/aromatic N) is 2. The Balaban J connectivity index is 1.62. The number of para-hydroxylation sites is 3. The van der Waals surface area contributed by atoms with Crippen LogP contribution in [0.4, 0.5) is 5.69 Å². The van der Waals surface area contributed by atoms with Crippen LogP contribution in [-0.2, 0) is 14.6 Å². The Bertz CT molecular complexity index is 1040. The number of fused-ring (bicyclic) bond motifs is 1. The van der Waals surface area contributed by atoms with E-state index >= 15 is 0 Å². The zero-order valence-electron chi connectivity index (χ0n) is 15.5. The summed E-state index contributed by atoms with van der Waals surface area (Å²) in [4.78, 5) is 21.8. The van der Waals surface area contributed by atoms with E-state index in [1.54, 1.807) is 23.1 Å². The number of aromatic nitrogens is 2. The van der Waals surface area contributed by atoms with Crippen LogP contribution in [0.2, 0.25) is 0 Å². The summed E-state index contributed by atoms with van der Waals surface area (Å²) in [5, 5.41) is -0.154. The number of benzene rings is 2. The van der Waals surface area contributed by atoms with Gasteiger partial charge in [0.2, 0.25) is 20.9 Å². The second kappa shape index (κ2) is 7.75. The molecule has 1 heterocycles. The second-order valence-electron chi connectivity index (χ2n) is 7.21. The van der Waals surface area contributed by atoms with Gasteiger partial charge in [0, 0.05) is 11.7 Å². The Morgan fingerprint density at radius 1 is 1.00 bits per heavy atom. The van der Waals surface area contributed by atoms with Gasteiger partial charge in [-0.05, 0) is 37.1 Å². The van der Waals surface area contributed by atoms with Crippen molar-refractivity contribution in [2.75, 3.05) is 10.7 Å². The third kappa shape index (κ3) is 3.80. The van der Waals surface area contributed by atoms with Gasteiger partial charge in [-0.15, -0.1) is 0 Å². The summed E-state index contributed by atoms with van der Waals surface area (Å²) in [5.41, 5.74) is 1.96. The lowest BCUT2D eigenvalue weighted by Gasteiger charge is -2.34. The van der Waals surface area contributed by atoms with E-state index in [1.807, 2.05) is 36.4 Å². The number of nitrogens with one attached hydrogen (secondary N) is 1. The molecular weight excluding hydrogens is 374 g/mol. The maximum atomic E-state index is 13.2. The largest absolute Gasteiger partial charge is 0.329 e. The number of H-pyrrole nitrogens is 1. The maximum Gasteiger partial charge on any atom is 0.242 e. The number of aromatic amines is 1. The molecule has 0 aliphatic heterocycles. The summed E-state index contributed by atoms with van der Waals surface area (Å²) in [6, 6.07) is 16.5. The summed E-state index contributed by atoms with van der Waals surface area (Å²) in [5.74, 6) is -1.00. The van der Waals surface area contributed by atoms with Crippen LogP contribution in [0.25, 0.3) is 11.0 Å². The Labute approximate surface area is 164 Å². The van der Waals surface area contributed by atoms with Crippen LogP contribution in [-0.4, -0.2) is 36.1 Å². The zero-order valence-corrected chi connectivity index (χ0v) is 16.4. The van der Waals surface area contributed by atoms with E-state index in [-0.39, 0.29) is 11.2 Å². The van der Waals surface area contributed by atoms with Crippen molar-refractivity contribution in [3.63, 3.8) is 0 Å². The molecule has 1 aliphatic rings. The van der Waals surface area contributed by atoms with Crippen LogP contribution in [0, 0.1) is 0 Å². The van der Waals surface area contributed by atoms with Gasteiger partial charge in [-0.1, -0.05) is 49.6 Å². The van der Waals surface area contributed by atoms with E-state index < -0.39 is 21.5 Å². The molecule has 1 amide bonds. The minimum Gasteiger partial charge on any atom is -0.329 e. The fourth-order valence-electron chi connectivity index (χ4n) is 3.86. The average molecular weight is 398 g/mol. The molecule has 1 fully saturated rings. The van der Waals surface area contributed by atoms with Gasteiger partial charge in [-0.2, -0.15) is 0 Å².